The minimum Gasteiger partial charge on any atom is -0.379 e. The van der Waals surface area contributed by atoms with Crippen molar-refractivity contribution in [3.63, 3.8) is 0 Å². The van der Waals surface area contributed by atoms with Gasteiger partial charge >= 0.3 is 0 Å². The smallest absolute Gasteiger partial charge is 0.113 e. The summed E-state index contributed by atoms with van der Waals surface area (Å²) in [4.78, 5) is 4.85. The molecule has 20 heavy (non-hydrogen) atoms. The van der Waals surface area contributed by atoms with Gasteiger partial charge in [0.15, 0.2) is 0 Å². The average molecular weight is 298 g/mol. The highest BCUT2D eigenvalue weighted by Crippen LogP contribution is 2.34. The van der Waals surface area contributed by atoms with Crippen LogP contribution in [0.4, 0.5) is 0 Å². The Bertz CT molecular complexity index is 414. The van der Waals surface area contributed by atoms with Gasteiger partial charge in [-0.15, -0.1) is 11.3 Å². The Labute approximate surface area is 128 Å². The molecule has 0 bridgehead atoms. The summed E-state index contributed by atoms with van der Waals surface area (Å²) in [5.41, 5.74) is 0.886. The van der Waals surface area contributed by atoms with Gasteiger partial charge in [-0.05, 0) is 39.7 Å². The van der Waals surface area contributed by atoms with Gasteiger partial charge in [-0.1, -0.05) is 20.8 Å². The summed E-state index contributed by atoms with van der Waals surface area (Å²) in [6, 6.07) is 0. The summed E-state index contributed by atoms with van der Waals surface area (Å²) in [6.07, 6.45) is 2.02. The summed E-state index contributed by atoms with van der Waals surface area (Å²) in [7, 11) is 1.78. The molecule has 0 radical (unpaired) electrons. The highest BCUT2D eigenvalue weighted by Gasteiger charge is 2.36. The number of thiazole rings is 1. The van der Waals surface area contributed by atoms with E-state index >= 15 is 0 Å². The molecule has 1 aromatic rings. The second-order valence-electron chi connectivity index (χ2n) is 6.63. The molecule has 0 amide bonds. The summed E-state index contributed by atoms with van der Waals surface area (Å²) in [5.74, 6) is 0.478. The van der Waals surface area contributed by atoms with Gasteiger partial charge in [0.1, 0.15) is 5.01 Å². The molecule has 0 aliphatic rings. The third kappa shape index (κ3) is 4.54. The molecule has 3 nitrogen and oxygen atoms in total. The number of rotatable bonds is 8. The van der Waals surface area contributed by atoms with Crippen molar-refractivity contribution in [1.82, 2.24) is 10.3 Å². The van der Waals surface area contributed by atoms with Gasteiger partial charge in [0.25, 0.3) is 0 Å². The van der Waals surface area contributed by atoms with Crippen LogP contribution in [-0.2, 0) is 10.3 Å². The van der Waals surface area contributed by atoms with E-state index in [9.17, 15) is 0 Å². The Morgan fingerprint density at radius 2 is 2.00 bits per heavy atom. The van der Waals surface area contributed by atoms with Gasteiger partial charge in [0, 0.05) is 18.9 Å². The van der Waals surface area contributed by atoms with Crippen LogP contribution in [0.25, 0.3) is 0 Å². The zero-order chi connectivity index (χ0) is 15.4. The molecular formula is C16H30N2OS. The zero-order valence-corrected chi connectivity index (χ0v) is 14.9. The first kappa shape index (κ1) is 17.6. The fraction of sp³-hybridized carbons (Fsp3) is 0.812. The van der Waals surface area contributed by atoms with Crippen LogP contribution in [0.2, 0.25) is 0 Å². The summed E-state index contributed by atoms with van der Waals surface area (Å²) in [6.45, 7) is 14.1. The van der Waals surface area contributed by atoms with E-state index in [1.807, 2.05) is 0 Å². The Kier molecular flexibility index (Phi) is 6.17. The number of hydrogen-bond donors (Lipinski definition) is 1. The van der Waals surface area contributed by atoms with Crippen molar-refractivity contribution >= 4 is 11.3 Å². The van der Waals surface area contributed by atoms with Crippen LogP contribution in [0.3, 0.4) is 0 Å². The van der Waals surface area contributed by atoms with Gasteiger partial charge < -0.3 is 10.1 Å². The van der Waals surface area contributed by atoms with Gasteiger partial charge in [-0.25, -0.2) is 4.98 Å². The normalized spacial score (nSPS) is 15.6. The predicted molar refractivity (Wildman–Crippen MR) is 87.6 cm³/mol. The zero-order valence-electron chi connectivity index (χ0n) is 14.0. The number of ether oxygens (including phenoxy) is 1. The van der Waals surface area contributed by atoms with Gasteiger partial charge in [-0.2, -0.15) is 0 Å². The fourth-order valence-electron chi connectivity index (χ4n) is 2.34. The lowest BCUT2D eigenvalue weighted by Crippen LogP contribution is -2.46. The van der Waals surface area contributed by atoms with Crippen LogP contribution >= 0.6 is 11.3 Å². The third-order valence-corrected chi connectivity index (χ3v) is 4.81. The Morgan fingerprint density at radius 3 is 2.45 bits per heavy atom. The first-order chi connectivity index (χ1) is 9.24. The van der Waals surface area contributed by atoms with Crippen molar-refractivity contribution in [2.24, 2.45) is 0 Å². The lowest BCUT2D eigenvalue weighted by Gasteiger charge is -2.36. The summed E-state index contributed by atoms with van der Waals surface area (Å²) >= 11 is 1.76. The largest absolute Gasteiger partial charge is 0.379 e. The quantitative estimate of drug-likeness (QED) is 0.777. The van der Waals surface area contributed by atoms with E-state index in [0.717, 1.165) is 19.4 Å². The Balaban J connectivity index is 3.02. The first-order valence-electron chi connectivity index (χ1n) is 7.50. The van der Waals surface area contributed by atoms with Crippen molar-refractivity contribution in [3.8, 4) is 0 Å². The van der Waals surface area contributed by atoms with E-state index in [0.29, 0.717) is 5.92 Å². The molecule has 0 fully saturated rings. The molecule has 1 aromatic heterocycles. The number of nitrogens with zero attached hydrogens (tertiary/aromatic N) is 1. The maximum absolute atomic E-state index is 5.63. The second kappa shape index (κ2) is 7.01. The van der Waals surface area contributed by atoms with Gasteiger partial charge in [-0.3, -0.25) is 0 Å². The van der Waals surface area contributed by atoms with E-state index in [-0.39, 0.29) is 11.1 Å². The highest BCUT2D eigenvalue weighted by atomic mass is 32.1. The van der Waals surface area contributed by atoms with Gasteiger partial charge in [0.2, 0.25) is 0 Å². The molecule has 1 rings (SSSR count). The molecule has 116 valence electrons. The molecule has 1 atom stereocenters. The minimum absolute atomic E-state index is 0.132. The van der Waals surface area contributed by atoms with Crippen molar-refractivity contribution in [3.05, 3.63) is 16.1 Å². The van der Waals surface area contributed by atoms with Gasteiger partial charge in [0.05, 0.1) is 16.8 Å². The molecular weight excluding hydrogens is 268 g/mol. The molecule has 1 N–H and O–H groups in total. The van der Waals surface area contributed by atoms with Crippen LogP contribution in [0.5, 0.6) is 0 Å². The standard InChI is InChI=1S/C16H30N2OS/c1-8-9-17-16(6,11-15(4,5)19-7)14-18-13(10-20-14)12(2)3/h10,12,17H,8-9,11H2,1-7H3. The van der Waals surface area contributed by atoms with Crippen molar-refractivity contribution < 1.29 is 4.74 Å². The number of hydrogen-bond acceptors (Lipinski definition) is 4. The summed E-state index contributed by atoms with van der Waals surface area (Å²) < 4.78 is 5.63. The second-order valence-corrected chi connectivity index (χ2v) is 7.49. The lowest BCUT2D eigenvalue weighted by atomic mass is 9.88. The number of aromatic nitrogens is 1. The third-order valence-electron chi connectivity index (χ3n) is 3.68. The average Bonchev–Trinajstić information content (AvgIpc) is 2.86. The minimum atomic E-state index is -0.168. The van der Waals surface area contributed by atoms with Crippen molar-refractivity contribution in [1.29, 1.82) is 0 Å². The lowest BCUT2D eigenvalue weighted by molar-refractivity contribution is -0.00727. The molecule has 0 aliphatic carbocycles. The fourth-order valence-corrected chi connectivity index (χ4v) is 3.46. The summed E-state index contributed by atoms with van der Waals surface area (Å²) in [5, 5.41) is 7.03. The van der Waals surface area contributed by atoms with Crippen LogP contribution in [0.1, 0.15) is 71.0 Å². The number of nitrogens with one attached hydrogen (secondary N) is 1. The molecule has 0 aliphatic heterocycles. The van der Waals surface area contributed by atoms with Crippen LogP contribution < -0.4 is 5.32 Å². The SMILES string of the molecule is CCCNC(C)(CC(C)(C)OC)c1nc(C(C)C)cs1. The van der Waals surface area contributed by atoms with E-state index in [1.165, 1.54) is 10.7 Å². The topological polar surface area (TPSA) is 34.1 Å². The molecule has 0 aromatic carbocycles. The van der Waals surface area contributed by atoms with Crippen molar-refractivity contribution in [2.75, 3.05) is 13.7 Å². The molecule has 0 spiro atoms. The van der Waals surface area contributed by atoms with E-state index < -0.39 is 0 Å². The molecule has 4 heteroatoms. The number of methoxy groups -OCH3 is 1. The van der Waals surface area contributed by atoms with Crippen molar-refractivity contribution in [2.45, 2.75) is 71.4 Å². The Hall–Kier alpha value is -0.450. The maximum Gasteiger partial charge on any atom is 0.113 e. The highest BCUT2D eigenvalue weighted by molar-refractivity contribution is 7.09. The Morgan fingerprint density at radius 1 is 1.35 bits per heavy atom. The monoisotopic (exact) mass is 298 g/mol. The molecule has 1 heterocycles. The first-order valence-corrected chi connectivity index (χ1v) is 8.38. The molecule has 0 saturated carbocycles. The van der Waals surface area contributed by atoms with Crippen LogP contribution in [0, 0.1) is 0 Å². The maximum atomic E-state index is 5.63. The molecule has 0 saturated heterocycles. The molecule has 1 unspecified atom stereocenters. The van der Waals surface area contributed by atoms with Crippen LogP contribution in [0.15, 0.2) is 5.38 Å². The van der Waals surface area contributed by atoms with E-state index in [1.54, 1.807) is 18.4 Å². The predicted octanol–water partition coefficient (Wildman–Crippen LogP) is 4.30. The van der Waals surface area contributed by atoms with E-state index in [2.05, 4.69) is 52.2 Å². The van der Waals surface area contributed by atoms with Crippen LogP contribution in [-0.4, -0.2) is 24.2 Å². The van der Waals surface area contributed by atoms with E-state index in [4.69, 9.17) is 9.72 Å².